The highest BCUT2D eigenvalue weighted by molar-refractivity contribution is 7.92. The molecule has 2 aromatic carbocycles. The van der Waals surface area contributed by atoms with E-state index in [1.807, 2.05) is 6.92 Å². The molecule has 134 valence electrons. The highest BCUT2D eigenvalue weighted by atomic mass is 35.5. The summed E-state index contributed by atoms with van der Waals surface area (Å²) in [6.07, 6.45) is 1.43. The molecule has 0 bridgehead atoms. The number of sulfonamides is 1. The van der Waals surface area contributed by atoms with Crippen LogP contribution in [0, 0.1) is 6.92 Å². The van der Waals surface area contributed by atoms with E-state index in [0.29, 0.717) is 22.8 Å². The number of carbonyl (C=O) groups is 1. The molecule has 0 heterocycles. The van der Waals surface area contributed by atoms with Gasteiger partial charge in [-0.15, -0.1) is 0 Å². The number of para-hydroxylation sites is 1. The van der Waals surface area contributed by atoms with Gasteiger partial charge in [0.2, 0.25) is 15.9 Å². The molecule has 0 aliphatic rings. The minimum Gasteiger partial charge on any atom is -0.324 e. The van der Waals surface area contributed by atoms with Crippen LogP contribution < -0.4 is 9.62 Å². The second-order valence-corrected chi connectivity index (χ2v) is 8.06. The number of amides is 1. The van der Waals surface area contributed by atoms with Crippen LogP contribution in [-0.4, -0.2) is 26.6 Å². The largest absolute Gasteiger partial charge is 0.324 e. The Hall–Kier alpha value is -2.05. The molecule has 0 aliphatic carbocycles. The lowest BCUT2D eigenvalue weighted by atomic mass is 10.1. The molecule has 0 aromatic heterocycles. The Labute approximate surface area is 153 Å². The number of hydrogen-bond acceptors (Lipinski definition) is 3. The van der Waals surface area contributed by atoms with Gasteiger partial charge in [0.1, 0.15) is 6.04 Å². The van der Waals surface area contributed by atoms with E-state index in [4.69, 9.17) is 11.6 Å². The van der Waals surface area contributed by atoms with Crippen LogP contribution in [0.3, 0.4) is 0 Å². The Morgan fingerprint density at radius 3 is 2.36 bits per heavy atom. The first-order chi connectivity index (χ1) is 11.7. The highest BCUT2D eigenvalue weighted by Gasteiger charge is 2.31. The van der Waals surface area contributed by atoms with Crippen LogP contribution in [0.15, 0.2) is 48.5 Å². The Morgan fingerprint density at radius 1 is 1.20 bits per heavy atom. The molecular formula is C18H21ClN2O3S. The molecule has 2 aromatic rings. The second kappa shape index (κ2) is 7.89. The van der Waals surface area contributed by atoms with Gasteiger partial charge in [-0.1, -0.05) is 36.7 Å². The number of benzene rings is 2. The number of nitrogens with one attached hydrogen (secondary N) is 1. The molecule has 1 amide bonds. The van der Waals surface area contributed by atoms with Gasteiger partial charge < -0.3 is 5.32 Å². The lowest BCUT2D eigenvalue weighted by Gasteiger charge is -2.30. The van der Waals surface area contributed by atoms with E-state index >= 15 is 0 Å². The van der Waals surface area contributed by atoms with Crippen LogP contribution in [0.4, 0.5) is 11.4 Å². The van der Waals surface area contributed by atoms with Crippen LogP contribution in [0.25, 0.3) is 0 Å². The molecule has 0 saturated heterocycles. The van der Waals surface area contributed by atoms with Gasteiger partial charge in [-0.05, 0) is 49.2 Å². The number of anilines is 2. The van der Waals surface area contributed by atoms with Gasteiger partial charge in [0.25, 0.3) is 0 Å². The van der Waals surface area contributed by atoms with Crippen molar-refractivity contribution in [3.63, 3.8) is 0 Å². The predicted octanol–water partition coefficient (Wildman–Crippen LogP) is 3.83. The van der Waals surface area contributed by atoms with Gasteiger partial charge in [0, 0.05) is 10.7 Å². The first kappa shape index (κ1) is 19.3. The fraction of sp³-hybridized carbons (Fsp3) is 0.278. The fourth-order valence-electron chi connectivity index (χ4n) is 2.62. The minimum absolute atomic E-state index is 0.334. The summed E-state index contributed by atoms with van der Waals surface area (Å²) in [4.78, 5) is 12.8. The van der Waals surface area contributed by atoms with Crippen molar-refractivity contribution in [2.45, 2.75) is 26.3 Å². The van der Waals surface area contributed by atoms with Gasteiger partial charge in [0.15, 0.2) is 0 Å². The lowest BCUT2D eigenvalue weighted by Crippen LogP contribution is -2.47. The van der Waals surface area contributed by atoms with Crippen LogP contribution >= 0.6 is 11.6 Å². The Bertz CT molecular complexity index is 854. The third-order valence-corrected chi connectivity index (χ3v) is 5.20. The summed E-state index contributed by atoms with van der Waals surface area (Å²) in [7, 11) is -3.63. The van der Waals surface area contributed by atoms with Crippen LogP contribution in [-0.2, 0) is 14.8 Å². The van der Waals surface area contributed by atoms with E-state index < -0.39 is 16.1 Å². The smallest absolute Gasteiger partial charge is 0.248 e. The Balaban J connectivity index is 2.36. The SMILES string of the molecule is CCC(C(=O)Nc1ccc(Cl)cc1C)N(c1ccccc1)S(C)(=O)=O. The van der Waals surface area contributed by atoms with Crippen LogP contribution in [0.2, 0.25) is 5.02 Å². The molecule has 1 N–H and O–H groups in total. The van der Waals surface area contributed by atoms with E-state index in [1.165, 1.54) is 0 Å². The lowest BCUT2D eigenvalue weighted by molar-refractivity contribution is -0.117. The molecule has 1 unspecified atom stereocenters. The third kappa shape index (κ3) is 4.74. The average molecular weight is 381 g/mol. The molecule has 25 heavy (non-hydrogen) atoms. The van der Waals surface area contributed by atoms with Crippen molar-refractivity contribution in [2.75, 3.05) is 15.9 Å². The van der Waals surface area contributed by atoms with Gasteiger partial charge in [-0.2, -0.15) is 0 Å². The van der Waals surface area contributed by atoms with Crippen molar-refractivity contribution in [1.29, 1.82) is 0 Å². The monoisotopic (exact) mass is 380 g/mol. The Kier molecular flexibility index (Phi) is 6.08. The van der Waals surface area contributed by atoms with Crippen molar-refractivity contribution >= 4 is 38.9 Å². The van der Waals surface area contributed by atoms with Gasteiger partial charge in [-0.3, -0.25) is 9.10 Å². The number of carbonyl (C=O) groups excluding carboxylic acids is 1. The standard InChI is InChI=1S/C18H21ClN2O3S/c1-4-17(18(22)20-16-11-10-14(19)12-13(16)2)21(25(3,23)24)15-8-6-5-7-9-15/h5-12,17H,4H2,1-3H3,(H,20,22). The van der Waals surface area contributed by atoms with Crippen molar-refractivity contribution < 1.29 is 13.2 Å². The third-order valence-electron chi connectivity index (χ3n) is 3.79. The molecule has 0 saturated carbocycles. The predicted molar refractivity (Wildman–Crippen MR) is 103 cm³/mol. The molecule has 2 rings (SSSR count). The van der Waals surface area contributed by atoms with Crippen molar-refractivity contribution in [1.82, 2.24) is 0 Å². The quantitative estimate of drug-likeness (QED) is 0.828. The highest BCUT2D eigenvalue weighted by Crippen LogP contribution is 2.24. The molecule has 0 radical (unpaired) electrons. The summed E-state index contributed by atoms with van der Waals surface area (Å²) >= 11 is 5.93. The molecular weight excluding hydrogens is 360 g/mol. The molecule has 0 spiro atoms. The zero-order valence-corrected chi connectivity index (χ0v) is 15.9. The maximum atomic E-state index is 12.8. The van der Waals surface area contributed by atoms with Crippen LogP contribution in [0.5, 0.6) is 0 Å². The van der Waals surface area contributed by atoms with E-state index in [-0.39, 0.29) is 5.91 Å². The van der Waals surface area contributed by atoms with Crippen LogP contribution in [0.1, 0.15) is 18.9 Å². The topological polar surface area (TPSA) is 66.5 Å². The normalized spacial score (nSPS) is 12.5. The van der Waals surface area contributed by atoms with E-state index in [9.17, 15) is 13.2 Å². The number of hydrogen-bond donors (Lipinski definition) is 1. The van der Waals surface area contributed by atoms with Crippen molar-refractivity contribution in [3.05, 3.63) is 59.1 Å². The van der Waals surface area contributed by atoms with E-state index in [1.54, 1.807) is 55.5 Å². The molecule has 0 fully saturated rings. The van der Waals surface area contributed by atoms with Gasteiger partial charge in [-0.25, -0.2) is 8.42 Å². The zero-order valence-electron chi connectivity index (χ0n) is 14.4. The maximum absolute atomic E-state index is 12.8. The van der Waals surface area contributed by atoms with E-state index in [2.05, 4.69) is 5.32 Å². The van der Waals surface area contributed by atoms with Crippen molar-refractivity contribution in [2.24, 2.45) is 0 Å². The first-order valence-electron chi connectivity index (χ1n) is 7.85. The summed E-state index contributed by atoms with van der Waals surface area (Å²) in [5.41, 5.74) is 1.87. The summed E-state index contributed by atoms with van der Waals surface area (Å²) in [6, 6.07) is 12.9. The molecule has 0 aliphatic heterocycles. The Morgan fingerprint density at radius 2 is 1.84 bits per heavy atom. The fourth-order valence-corrected chi connectivity index (χ4v) is 4.06. The number of aryl methyl sites for hydroxylation is 1. The van der Waals surface area contributed by atoms with Crippen molar-refractivity contribution in [3.8, 4) is 0 Å². The summed E-state index contributed by atoms with van der Waals surface area (Å²) < 4.78 is 25.8. The number of rotatable bonds is 6. The molecule has 1 atom stereocenters. The minimum atomic E-state index is -3.63. The second-order valence-electron chi connectivity index (χ2n) is 5.77. The van der Waals surface area contributed by atoms with E-state index in [0.717, 1.165) is 16.1 Å². The van der Waals surface area contributed by atoms with Gasteiger partial charge in [0.05, 0.1) is 11.9 Å². The first-order valence-corrected chi connectivity index (χ1v) is 10.1. The number of halogens is 1. The summed E-state index contributed by atoms with van der Waals surface area (Å²) in [6.45, 7) is 3.61. The van der Waals surface area contributed by atoms with Gasteiger partial charge >= 0.3 is 0 Å². The zero-order chi connectivity index (χ0) is 18.6. The molecule has 5 nitrogen and oxygen atoms in total. The summed E-state index contributed by atoms with van der Waals surface area (Å²) in [5, 5.41) is 3.38. The number of nitrogens with zero attached hydrogens (tertiary/aromatic N) is 1. The molecule has 7 heteroatoms. The average Bonchev–Trinajstić information content (AvgIpc) is 2.54. The maximum Gasteiger partial charge on any atom is 0.248 e. The summed E-state index contributed by atoms with van der Waals surface area (Å²) in [5.74, 6) is -0.387.